The van der Waals surface area contributed by atoms with E-state index < -0.39 is 29.7 Å². The van der Waals surface area contributed by atoms with E-state index in [-0.39, 0.29) is 41.3 Å². The Morgan fingerprint density at radius 3 is 2.31 bits per heavy atom. The van der Waals surface area contributed by atoms with Crippen molar-refractivity contribution < 1.29 is 29.0 Å². The molecule has 1 aromatic carbocycles. The third kappa shape index (κ3) is 4.61. The lowest BCUT2D eigenvalue weighted by atomic mass is 9.81. The van der Waals surface area contributed by atoms with Crippen molar-refractivity contribution in [3.05, 3.63) is 59.2 Å². The smallest absolute Gasteiger partial charge is 0.338 e. The molecule has 35 heavy (non-hydrogen) atoms. The van der Waals surface area contributed by atoms with E-state index in [4.69, 9.17) is 9.47 Å². The molecule has 1 N–H and O–H groups in total. The van der Waals surface area contributed by atoms with Crippen molar-refractivity contribution in [1.82, 2.24) is 0 Å². The number of allylic oxidation sites excluding steroid dienone is 1. The standard InChI is InChI=1S/C29H36O6/c1-16-12-23-25(35-27(32)20-10-8-7-9-11-20)18(3)15-29(23,33)26(31)17(2)13-21-22(28(21,5)6)14-24(16)34-19(4)30/h7-13,18,21-25,33H,14-15H2,1-6H3/b16-12-,17-13-/t18-,21-,22-,23-,24-,25+,29-/m1/s1. The van der Waals surface area contributed by atoms with Crippen LogP contribution in [0.2, 0.25) is 0 Å². The van der Waals surface area contributed by atoms with Gasteiger partial charge in [0.05, 0.1) is 11.5 Å². The molecule has 7 atom stereocenters. The van der Waals surface area contributed by atoms with Gasteiger partial charge in [-0.1, -0.05) is 51.1 Å². The van der Waals surface area contributed by atoms with Gasteiger partial charge in [0.1, 0.15) is 17.8 Å². The van der Waals surface area contributed by atoms with Crippen LogP contribution < -0.4 is 0 Å². The fraction of sp³-hybridized carbons (Fsp3) is 0.552. The number of hydrogen-bond acceptors (Lipinski definition) is 6. The largest absolute Gasteiger partial charge is 0.458 e. The molecule has 2 fully saturated rings. The van der Waals surface area contributed by atoms with Gasteiger partial charge in [-0.05, 0) is 73.1 Å². The number of esters is 2. The second-order valence-corrected chi connectivity index (χ2v) is 11.2. The number of benzene rings is 1. The van der Waals surface area contributed by atoms with Gasteiger partial charge in [-0.15, -0.1) is 0 Å². The van der Waals surface area contributed by atoms with Crippen molar-refractivity contribution in [2.45, 2.75) is 72.2 Å². The molecule has 6 heteroatoms. The molecule has 1 aromatic rings. The van der Waals surface area contributed by atoms with E-state index in [0.29, 0.717) is 17.6 Å². The Hall–Kier alpha value is -2.73. The quantitative estimate of drug-likeness (QED) is 0.500. The van der Waals surface area contributed by atoms with Crippen molar-refractivity contribution in [2.24, 2.45) is 29.1 Å². The van der Waals surface area contributed by atoms with E-state index in [1.54, 1.807) is 37.3 Å². The first-order valence-corrected chi connectivity index (χ1v) is 12.4. The molecule has 3 aliphatic carbocycles. The molecule has 0 bridgehead atoms. The number of hydrogen-bond donors (Lipinski definition) is 1. The molecule has 2 saturated carbocycles. The third-order valence-corrected chi connectivity index (χ3v) is 8.40. The normalized spacial score (nSPS) is 39.0. The first-order chi connectivity index (χ1) is 16.4. The lowest BCUT2D eigenvalue weighted by Crippen LogP contribution is -2.45. The minimum absolute atomic E-state index is 0.0296. The molecule has 0 heterocycles. The summed E-state index contributed by atoms with van der Waals surface area (Å²) in [6.07, 6.45) is 3.40. The second kappa shape index (κ2) is 9.05. The van der Waals surface area contributed by atoms with Crippen molar-refractivity contribution in [2.75, 3.05) is 0 Å². The number of aliphatic hydroxyl groups is 1. The van der Waals surface area contributed by atoms with Gasteiger partial charge in [-0.3, -0.25) is 9.59 Å². The molecule has 0 aromatic heterocycles. The number of carbonyl (C=O) groups is 3. The monoisotopic (exact) mass is 480 g/mol. The maximum Gasteiger partial charge on any atom is 0.338 e. The lowest BCUT2D eigenvalue weighted by molar-refractivity contribution is -0.145. The highest BCUT2D eigenvalue weighted by atomic mass is 16.5. The molecular weight excluding hydrogens is 444 g/mol. The second-order valence-electron chi connectivity index (χ2n) is 11.2. The zero-order chi connectivity index (χ0) is 25.7. The van der Waals surface area contributed by atoms with Crippen LogP contribution in [0.25, 0.3) is 0 Å². The Morgan fingerprint density at radius 2 is 1.69 bits per heavy atom. The van der Waals surface area contributed by atoms with Gasteiger partial charge in [0, 0.05) is 6.92 Å². The first-order valence-electron chi connectivity index (χ1n) is 12.4. The Morgan fingerprint density at radius 1 is 1.03 bits per heavy atom. The zero-order valence-electron chi connectivity index (χ0n) is 21.4. The number of ketones is 1. The summed E-state index contributed by atoms with van der Waals surface area (Å²) in [6, 6.07) is 8.69. The highest BCUT2D eigenvalue weighted by molar-refractivity contribution is 6.02. The SMILES string of the molecule is CC(=O)O[C@@H]1C[C@@H]2[C@@H](/C=C(/C)C(=O)[C@@]3(O)C[C@@H](C)[C@H](OC(=O)c4ccccc4)[C@H]3/C=C\1C)C2(C)C. The first kappa shape index (κ1) is 25.4. The van der Waals surface area contributed by atoms with Crippen molar-refractivity contribution in [1.29, 1.82) is 0 Å². The molecule has 0 radical (unpaired) electrons. The predicted molar refractivity (Wildman–Crippen MR) is 131 cm³/mol. The lowest BCUT2D eigenvalue weighted by Gasteiger charge is -2.31. The van der Waals surface area contributed by atoms with Gasteiger partial charge in [0.15, 0.2) is 5.78 Å². The number of fused-ring (bicyclic) bond motifs is 2. The van der Waals surface area contributed by atoms with E-state index in [2.05, 4.69) is 13.8 Å². The van der Waals surface area contributed by atoms with Gasteiger partial charge in [0.2, 0.25) is 0 Å². The summed E-state index contributed by atoms with van der Waals surface area (Å²) in [5.74, 6) is -1.81. The Balaban J connectivity index is 1.76. The molecule has 0 saturated heterocycles. The molecule has 0 unspecified atom stereocenters. The molecule has 0 amide bonds. The van der Waals surface area contributed by atoms with Crippen LogP contribution in [0, 0.1) is 29.1 Å². The average Bonchev–Trinajstić information content (AvgIpc) is 3.20. The summed E-state index contributed by atoms with van der Waals surface area (Å²) in [7, 11) is 0. The van der Waals surface area contributed by atoms with Crippen LogP contribution in [0.3, 0.4) is 0 Å². The van der Waals surface area contributed by atoms with Crippen LogP contribution in [-0.4, -0.2) is 40.6 Å². The summed E-state index contributed by atoms with van der Waals surface area (Å²) in [4.78, 5) is 38.6. The molecule has 3 aliphatic rings. The van der Waals surface area contributed by atoms with Crippen LogP contribution in [-0.2, 0) is 19.1 Å². The fourth-order valence-electron chi connectivity index (χ4n) is 6.20. The maximum atomic E-state index is 13.7. The van der Waals surface area contributed by atoms with E-state index >= 15 is 0 Å². The Labute approximate surface area is 207 Å². The fourth-order valence-corrected chi connectivity index (χ4v) is 6.20. The topological polar surface area (TPSA) is 89.9 Å². The number of ether oxygens (including phenoxy) is 2. The third-order valence-electron chi connectivity index (χ3n) is 8.40. The highest BCUT2D eigenvalue weighted by Crippen LogP contribution is 2.62. The van der Waals surface area contributed by atoms with Gasteiger partial charge in [-0.2, -0.15) is 0 Å². The number of carbonyl (C=O) groups excluding carboxylic acids is 3. The minimum Gasteiger partial charge on any atom is -0.458 e. The van der Waals surface area contributed by atoms with Crippen molar-refractivity contribution in [3.8, 4) is 0 Å². The summed E-state index contributed by atoms with van der Waals surface area (Å²) in [5, 5.41) is 11.9. The maximum absolute atomic E-state index is 13.7. The van der Waals surface area contributed by atoms with E-state index in [1.165, 1.54) is 6.92 Å². The predicted octanol–water partition coefficient (Wildman–Crippen LogP) is 4.67. The van der Waals surface area contributed by atoms with Crippen LogP contribution in [0.5, 0.6) is 0 Å². The molecule has 188 valence electrons. The van der Waals surface area contributed by atoms with Crippen LogP contribution >= 0.6 is 0 Å². The zero-order valence-corrected chi connectivity index (χ0v) is 21.4. The average molecular weight is 481 g/mol. The van der Waals surface area contributed by atoms with Crippen molar-refractivity contribution >= 4 is 17.7 Å². The highest BCUT2D eigenvalue weighted by Gasteiger charge is 2.60. The Bertz CT molecular complexity index is 1080. The molecule has 6 nitrogen and oxygen atoms in total. The van der Waals surface area contributed by atoms with E-state index in [9.17, 15) is 19.5 Å². The summed E-state index contributed by atoms with van der Waals surface area (Å²) < 4.78 is 11.6. The van der Waals surface area contributed by atoms with E-state index in [1.807, 2.05) is 26.0 Å². The van der Waals surface area contributed by atoms with Crippen LogP contribution in [0.4, 0.5) is 0 Å². The molecular formula is C29H36O6. The molecule has 0 spiro atoms. The summed E-state index contributed by atoms with van der Waals surface area (Å²) in [5.41, 5.74) is -0.0552. The molecule has 4 rings (SSSR count). The minimum atomic E-state index is -1.72. The summed E-state index contributed by atoms with van der Waals surface area (Å²) >= 11 is 0. The summed E-state index contributed by atoms with van der Waals surface area (Å²) in [6.45, 7) is 11.2. The molecule has 0 aliphatic heterocycles. The van der Waals surface area contributed by atoms with Gasteiger partial charge in [0.25, 0.3) is 0 Å². The van der Waals surface area contributed by atoms with Crippen LogP contribution in [0.15, 0.2) is 53.6 Å². The number of Topliss-reactive ketones (excluding diaryl/α,β-unsaturated/α-hetero) is 1. The van der Waals surface area contributed by atoms with Gasteiger partial charge >= 0.3 is 11.9 Å². The van der Waals surface area contributed by atoms with E-state index in [0.717, 1.165) is 5.57 Å². The van der Waals surface area contributed by atoms with Crippen molar-refractivity contribution in [3.63, 3.8) is 0 Å². The van der Waals surface area contributed by atoms with Gasteiger partial charge in [-0.25, -0.2) is 4.79 Å². The van der Waals surface area contributed by atoms with Crippen LogP contribution in [0.1, 0.15) is 64.7 Å². The number of rotatable bonds is 3. The van der Waals surface area contributed by atoms with Gasteiger partial charge < -0.3 is 14.6 Å². The Kier molecular flexibility index (Phi) is 6.56.